The number of amides is 1. The second-order valence-corrected chi connectivity index (χ2v) is 4.86. The summed E-state index contributed by atoms with van der Waals surface area (Å²) in [4.78, 5) is 23.1. The fraction of sp³-hybridized carbons (Fsp3) is 0.467. The van der Waals surface area contributed by atoms with E-state index < -0.39 is 11.5 Å². The quantitative estimate of drug-likeness (QED) is 0.714. The maximum Gasteiger partial charge on any atom is 0.323 e. The molecule has 0 fully saturated rings. The fourth-order valence-electron chi connectivity index (χ4n) is 1.97. The number of carboxylic acid groups (broad SMARTS) is 1. The van der Waals surface area contributed by atoms with Crippen LogP contribution in [-0.2, 0) is 9.59 Å². The number of hydrogen-bond donors (Lipinski definition) is 3. The summed E-state index contributed by atoms with van der Waals surface area (Å²) in [6, 6.07) is 7.44. The Morgan fingerprint density at radius 3 is 2.15 bits per heavy atom. The summed E-state index contributed by atoms with van der Waals surface area (Å²) in [6.07, 6.45) is 0.854. The van der Waals surface area contributed by atoms with E-state index in [0.717, 1.165) is 5.56 Å². The van der Waals surface area contributed by atoms with Gasteiger partial charge in [-0.3, -0.25) is 14.9 Å². The van der Waals surface area contributed by atoms with Crippen LogP contribution < -0.4 is 10.6 Å². The minimum Gasteiger partial charge on any atom is -0.480 e. The third-order valence-electron chi connectivity index (χ3n) is 3.54. The minimum atomic E-state index is -1.04. The summed E-state index contributed by atoms with van der Waals surface area (Å²) < 4.78 is 0. The highest BCUT2D eigenvalue weighted by Crippen LogP contribution is 2.15. The normalized spacial score (nSPS) is 11.2. The highest BCUT2D eigenvalue weighted by atomic mass is 16.4. The fourth-order valence-corrected chi connectivity index (χ4v) is 1.97. The molecule has 0 saturated heterocycles. The minimum absolute atomic E-state index is 0.0259. The van der Waals surface area contributed by atoms with Crippen molar-refractivity contribution in [2.24, 2.45) is 0 Å². The van der Waals surface area contributed by atoms with Crippen molar-refractivity contribution in [2.75, 3.05) is 11.9 Å². The van der Waals surface area contributed by atoms with E-state index in [1.807, 2.05) is 31.2 Å². The van der Waals surface area contributed by atoms with Gasteiger partial charge in [-0.15, -0.1) is 0 Å². The Labute approximate surface area is 119 Å². The lowest BCUT2D eigenvalue weighted by molar-refractivity contribution is -0.145. The molecule has 0 aliphatic carbocycles. The number of carbonyl (C=O) groups excluding carboxylic acids is 1. The van der Waals surface area contributed by atoms with Crippen molar-refractivity contribution >= 4 is 17.6 Å². The SMILES string of the molecule is CCC(CC)(NCC(=O)Nc1ccc(C)cc1)C(=O)O. The number of carboxylic acids is 1. The molecule has 3 N–H and O–H groups in total. The molecule has 0 aliphatic heterocycles. The number of carbonyl (C=O) groups is 2. The largest absolute Gasteiger partial charge is 0.480 e. The first kappa shape index (κ1) is 16.2. The van der Waals surface area contributed by atoms with Gasteiger partial charge < -0.3 is 10.4 Å². The lowest BCUT2D eigenvalue weighted by Crippen LogP contribution is -2.53. The van der Waals surface area contributed by atoms with Gasteiger partial charge in [-0.05, 0) is 31.9 Å². The smallest absolute Gasteiger partial charge is 0.323 e. The molecule has 0 heterocycles. The van der Waals surface area contributed by atoms with E-state index >= 15 is 0 Å². The maximum atomic E-state index is 11.8. The van der Waals surface area contributed by atoms with Crippen molar-refractivity contribution < 1.29 is 14.7 Å². The van der Waals surface area contributed by atoms with Crippen LogP contribution in [0.1, 0.15) is 32.3 Å². The van der Waals surface area contributed by atoms with Crippen LogP contribution in [0.4, 0.5) is 5.69 Å². The summed E-state index contributed by atoms with van der Waals surface area (Å²) in [5, 5.41) is 14.8. The molecule has 0 aliphatic rings. The third kappa shape index (κ3) is 4.06. The molecule has 0 saturated carbocycles. The van der Waals surface area contributed by atoms with Crippen molar-refractivity contribution in [1.82, 2.24) is 5.32 Å². The Kier molecular flexibility index (Phi) is 5.70. The maximum absolute atomic E-state index is 11.8. The summed E-state index contributed by atoms with van der Waals surface area (Å²) in [5.41, 5.74) is 0.782. The lowest BCUT2D eigenvalue weighted by atomic mass is 9.93. The van der Waals surface area contributed by atoms with Crippen LogP contribution in [0.3, 0.4) is 0 Å². The first-order valence-corrected chi connectivity index (χ1v) is 6.78. The third-order valence-corrected chi connectivity index (χ3v) is 3.54. The monoisotopic (exact) mass is 278 g/mol. The molecule has 20 heavy (non-hydrogen) atoms. The molecule has 1 amide bonds. The lowest BCUT2D eigenvalue weighted by Gasteiger charge is -2.27. The van der Waals surface area contributed by atoms with E-state index in [0.29, 0.717) is 18.5 Å². The van der Waals surface area contributed by atoms with Crippen LogP contribution in [0, 0.1) is 6.92 Å². The molecule has 0 unspecified atom stereocenters. The van der Waals surface area contributed by atoms with Crippen molar-refractivity contribution in [2.45, 2.75) is 39.2 Å². The molecule has 0 radical (unpaired) electrons. The molecular weight excluding hydrogens is 256 g/mol. The van der Waals surface area contributed by atoms with Gasteiger partial charge in [-0.2, -0.15) is 0 Å². The number of benzene rings is 1. The first-order chi connectivity index (χ1) is 9.43. The summed E-state index contributed by atoms with van der Waals surface area (Å²) in [5.74, 6) is -1.17. The van der Waals surface area contributed by atoms with Crippen molar-refractivity contribution in [3.63, 3.8) is 0 Å². The Balaban J connectivity index is 2.58. The summed E-state index contributed by atoms with van der Waals surface area (Å²) in [6.45, 7) is 5.53. The van der Waals surface area contributed by atoms with E-state index in [9.17, 15) is 14.7 Å². The van der Waals surface area contributed by atoms with Gasteiger partial charge in [0.15, 0.2) is 0 Å². The van der Waals surface area contributed by atoms with E-state index in [2.05, 4.69) is 10.6 Å². The summed E-state index contributed by atoms with van der Waals surface area (Å²) in [7, 11) is 0. The molecule has 110 valence electrons. The molecule has 1 aromatic rings. The zero-order valence-electron chi connectivity index (χ0n) is 12.2. The van der Waals surface area contributed by atoms with Gasteiger partial charge in [-0.25, -0.2) is 0 Å². The predicted molar refractivity (Wildman–Crippen MR) is 78.8 cm³/mol. The van der Waals surface area contributed by atoms with E-state index in [1.54, 1.807) is 13.8 Å². The van der Waals surface area contributed by atoms with Crippen LogP contribution >= 0.6 is 0 Å². The average Bonchev–Trinajstić information content (AvgIpc) is 2.43. The standard InChI is InChI=1S/C15H22N2O3/c1-4-15(5-2,14(19)20)16-10-13(18)17-12-8-6-11(3)7-9-12/h6-9,16H,4-5,10H2,1-3H3,(H,17,18)(H,19,20). The number of hydrogen-bond acceptors (Lipinski definition) is 3. The van der Waals surface area contributed by atoms with Crippen LogP contribution in [0.15, 0.2) is 24.3 Å². The average molecular weight is 278 g/mol. The van der Waals surface area contributed by atoms with Gasteiger partial charge in [0, 0.05) is 5.69 Å². The van der Waals surface area contributed by atoms with Gasteiger partial charge >= 0.3 is 5.97 Å². The van der Waals surface area contributed by atoms with Gasteiger partial charge in [-0.1, -0.05) is 31.5 Å². The van der Waals surface area contributed by atoms with Gasteiger partial charge in [0.05, 0.1) is 6.54 Å². The Morgan fingerprint density at radius 2 is 1.70 bits per heavy atom. The van der Waals surface area contributed by atoms with Gasteiger partial charge in [0.25, 0.3) is 0 Å². The van der Waals surface area contributed by atoms with Crippen LogP contribution in [0.5, 0.6) is 0 Å². The highest BCUT2D eigenvalue weighted by Gasteiger charge is 2.34. The molecule has 0 aromatic heterocycles. The Bertz CT molecular complexity index is 465. The number of anilines is 1. The topological polar surface area (TPSA) is 78.4 Å². The number of rotatable bonds is 7. The van der Waals surface area contributed by atoms with Crippen LogP contribution in [-0.4, -0.2) is 29.1 Å². The molecule has 0 bridgehead atoms. The zero-order chi connectivity index (χ0) is 15.2. The second-order valence-electron chi connectivity index (χ2n) is 4.86. The van der Waals surface area contributed by atoms with Crippen LogP contribution in [0.2, 0.25) is 0 Å². The Morgan fingerprint density at radius 1 is 1.15 bits per heavy atom. The number of nitrogens with one attached hydrogen (secondary N) is 2. The highest BCUT2D eigenvalue weighted by molar-refractivity contribution is 5.92. The molecule has 1 rings (SSSR count). The first-order valence-electron chi connectivity index (χ1n) is 6.78. The second kappa shape index (κ2) is 7.05. The molecule has 5 heteroatoms. The van der Waals surface area contributed by atoms with Crippen molar-refractivity contribution in [3.8, 4) is 0 Å². The predicted octanol–water partition coefficient (Wildman–Crippen LogP) is 2.17. The zero-order valence-corrected chi connectivity index (χ0v) is 12.2. The molecule has 1 aromatic carbocycles. The number of aliphatic carboxylic acids is 1. The van der Waals surface area contributed by atoms with E-state index in [1.165, 1.54) is 0 Å². The van der Waals surface area contributed by atoms with Crippen LogP contribution in [0.25, 0.3) is 0 Å². The number of aryl methyl sites for hydroxylation is 1. The van der Waals surface area contributed by atoms with Gasteiger partial charge in [0.1, 0.15) is 5.54 Å². The van der Waals surface area contributed by atoms with E-state index in [-0.39, 0.29) is 12.5 Å². The molecular formula is C15H22N2O3. The molecule has 0 atom stereocenters. The van der Waals surface area contributed by atoms with E-state index in [4.69, 9.17) is 0 Å². The molecule has 0 spiro atoms. The van der Waals surface area contributed by atoms with Gasteiger partial charge in [0.2, 0.25) is 5.91 Å². The Hall–Kier alpha value is -1.88. The van der Waals surface area contributed by atoms with Crippen molar-refractivity contribution in [3.05, 3.63) is 29.8 Å². The summed E-state index contributed by atoms with van der Waals surface area (Å²) >= 11 is 0. The van der Waals surface area contributed by atoms with Crippen molar-refractivity contribution in [1.29, 1.82) is 0 Å². The molecule has 5 nitrogen and oxygen atoms in total.